The summed E-state index contributed by atoms with van der Waals surface area (Å²) in [6.07, 6.45) is 2.67. The smallest absolute Gasteiger partial charge is 0.337 e. The van der Waals surface area contributed by atoms with Gasteiger partial charge < -0.3 is 5.11 Å². The maximum Gasteiger partial charge on any atom is 0.337 e. The van der Waals surface area contributed by atoms with Crippen molar-refractivity contribution in [1.82, 2.24) is 4.98 Å². The number of hydrogen-bond donors (Lipinski definition) is 1. The molecule has 82 valence electrons. The second-order valence-electron chi connectivity index (χ2n) is 2.94. The van der Waals surface area contributed by atoms with Gasteiger partial charge in [0.15, 0.2) is 0 Å². The molecule has 1 unspecified atom stereocenters. The van der Waals surface area contributed by atoms with Crippen LogP contribution >= 0.6 is 0 Å². The zero-order chi connectivity index (χ0) is 11.5. The van der Waals surface area contributed by atoms with Crippen molar-refractivity contribution in [2.75, 3.05) is 12.8 Å². The highest BCUT2D eigenvalue weighted by atomic mass is 32.2. The van der Waals surface area contributed by atoms with E-state index in [0.717, 1.165) is 0 Å². The van der Waals surface area contributed by atoms with Crippen LogP contribution in [0.3, 0.4) is 0 Å². The lowest BCUT2D eigenvalue weighted by Crippen LogP contribution is -2.03. The molecule has 0 saturated heterocycles. The Bertz CT molecular complexity index is 473. The van der Waals surface area contributed by atoms with Crippen LogP contribution in [0.1, 0.15) is 17.3 Å². The quantitative estimate of drug-likeness (QED) is 0.844. The number of carbonyl (C=O) groups is 1. The van der Waals surface area contributed by atoms with E-state index < -0.39 is 15.7 Å². The number of carboxylic acids is 1. The van der Waals surface area contributed by atoms with E-state index >= 15 is 0 Å². The zero-order valence-electron chi connectivity index (χ0n) is 8.51. The van der Waals surface area contributed by atoms with Crippen molar-refractivity contribution in [1.29, 1.82) is 0 Å². The summed E-state index contributed by atoms with van der Waals surface area (Å²) in [7, 11) is -2.48. The highest BCUT2D eigenvalue weighted by molar-refractivity contribution is 7.92. The van der Waals surface area contributed by atoms with Crippen molar-refractivity contribution in [3.8, 4) is 0 Å². The van der Waals surface area contributed by atoms with Gasteiger partial charge in [-0.3, -0.25) is 0 Å². The summed E-state index contributed by atoms with van der Waals surface area (Å²) in [6.45, 7) is 2.23. The molecule has 0 aromatic carbocycles. The molecule has 1 rings (SSSR count). The molecule has 0 fully saturated rings. The summed E-state index contributed by atoms with van der Waals surface area (Å²) >= 11 is 0. The molecule has 1 heterocycles. The SMILES string of the molecule is CCN=S(C)(=O)c1ccc(C(=O)O)cn1. The van der Waals surface area contributed by atoms with Crippen molar-refractivity contribution in [3.05, 3.63) is 23.9 Å². The summed E-state index contributed by atoms with van der Waals surface area (Å²) in [6, 6.07) is 2.81. The fraction of sp³-hybridized carbons (Fsp3) is 0.333. The van der Waals surface area contributed by atoms with Gasteiger partial charge in [-0.15, -0.1) is 0 Å². The number of aromatic nitrogens is 1. The summed E-state index contributed by atoms with van der Waals surface area (Å²) < 4.78 is 15.8. The monoisotopic (exact) mass is 228 g/mol. The maximum absolute atomic E-state index is 11.9. The fourth-order valence-electron chi connectivity index (χ4n) is 1.04. The Morgan fingerprint density at radius 2 is 2.27 bits per heavy atom. The van der Waals surface area contributed by atoms with Crippen molar-refractivity contribution in [3.63, 3.8) is 0 Å². The van der Waals surface area contributed by atoms with Crippen LogP contribution in [0.25, 0.3) is 0 Å². The minimum absolute atomic E-state index is 0.0745. The molecule has 0 radical (unpaired) electrons. The van der Waals surface area contributed by atoms with Crippen LogP contribution in [-0.4, -0.2) is 33.1 Å². The zero-order valence-corrected chi connectivity index (χ0v) is 9.32. The van der Waals surface area contributed by atoms with Gasteiger partial charge in [-0.25, -0.2) is 18.4 Å². The molecule has 1 N–H and O–H groups in total. The Morgan fingerprint density at radius 3 is 2.67 bits per heavy atom. The Morgan fingerprint density at radius 1 is 1.60 bits per heavy atom. The average molecular weight is 228 g/mol. The van der Waals surface area contributed by atoms with E-state index in [9.17, 15) is 9.00 Å². The van der Waals surface area contributed by atoms with E-state index in [1.807, 2.05) is 0 Å². The molecule has 6 heteroatoms. The number of pyridine rings is 1. The van der Waals surface area contributed by atoms with Crippen molar-refractivity contribution >= 4 is 15.7 Å². The lowest BCUT2D eigenvalue weighted by atomic mass is 10.3. The van der Waals surface area contributed by atoms with Gasteiger partial charge in [0, 0.05) is 19.0 Å². The van der Waals surface area contributed by atoms with E-state index in [2.05, 4.69) is 9.35 Å². The number of carboxylic acid groups (broad SMARTS) is 1. The van der Waals surface area contributed by atoms with Gasteiger partial charge in [-0.05, 0) is 19.1 Å². The molecule has 0 aliphatic heterocycles. The largest absolute Gasteiger partial charge is 0.478 e. The first-order valence-corrected chi connectivity index (χ1v) is 6.27. The molecule has 1 aromatic rings. The van der Waals surface area contributed by atoms with Gasteiger partial charge in [0.05, 0.1) is 15.3 Å². The van der Waals surface area contributed by atoms with E-state index in [4.69, 9.17) is 5.11 Å². The first-order valence-electron chi connectivity index (χ1n) is 4.34. The minimum atomic E-state index is -2.48. The van der Waals surface area contributed by atoms with Gasteiger partial charge >= 0.3 is 5.97 Å². The standard InChI is InChI=1S/C9H12N2O3S/c1-3-11-15(2,14)8-5-4-7(6-10-8)9(12)13/h4-6H,3H2,1-2H3,(H,12,13). The summed E-state index contributed by atoms with van der Waals surface area (Å²) in [5.74, 6) is -1.05. The Hall–Kier alpha value is -1.43. The summed E-state index contributed by atoms with van der Waals surface area (Å²) in [5, 5.41) is 8.96. The first-order chi connectivity index (χ1) is 6.97. The molecule has 0 amide bonds. The molecule has 0 aliphatic rings. The average Bonchev–Trinajstić information content (AvgIpc) is 2.18. The third kappa shape index (κ3) is 2.76. The Balaban J connectivity index is 3.15. The molecule has 1 aromatic heterocycles. The Labute approximate surface area is 88.3 Å². The van der Waals surface area contributed by atoms with Crippen LogP contribution in [0.15, 0.2) is 27.7 Å². The first kappa shape index (κ1) is 11.6. The Kier molecular flexibility index (Phi) is 3.41. The fourth-order valence-corrected chi connectivity index (χ4v) is 2.24. The predicted octanol–water partition coefficient (Wildman–Crippen LogP) is 1.26. The number of hydrogen-bond acceptors (Lipinski definition) is 4. The molecule has 15 heavy (non-hydrogen) atoms. The molecule has 0 aliphatic carbocycles. The highest BCUT2D eigenvalue weighted by Crippen LogP contribution is 2.09. The van der Waals surface area contributed by atoms with Crippen LogP contribution < -0.4 is 0 Å². The van der Waals surface area contributed by atoms with E-state index in [1.54, 1.807) is 6.92 Å². The summed E-state index contributed by atoms with van der Waals surface area (Å²) in [4.78, 5) is 14.4. The van der Waals surface area contributed by atoms with Crippen LogP contribution in [0.2, 0.25) is 0 Å². The molecular formula is C9H12N2O3S. The number of nitrogens with zero attached hydrogens (tertiary/aromatic N) is 2. The van der Waals surface area contributed by atoms with Crippen LogP contribution in [0.5, 0.6) is 0 Å². The molecule has 1 atom stereocenters. The third-order valence-corrected chi connectivity index (χ3v) is 3.52. The van der Waals surface area contributed by atoms with Crippen molar-refractivity contribution in [2.24, 2.45) is 4.36 Å². The lowest BCUT2D eigenvalue weighted by molar-refractivity contribution is 0.0696. The normalized spacial score (nSPS) is 14.3. The molecule has 0 spiro atoms. The minimum Gasteiger partial charge on any atom is -0.478 e. The van der Waals surface area contributed by atoms with Crippen molar-refractivity contribution in [2.45, 2.75) is 11.9 Å². The van der Waals surface area contributed by atoms with E-state index in [1.165, 1.54) is 24.6 Å². The van der Waals surface area contributed by atoms with E-state index in [0.29, 0.717) is 11.6 Å². The predicted molar refractivity (Wildman–Crippen MR) is 56.5 cm³/mol. The van der Waals surface area contributed by atoms with Crippen LogP contribution in [-0.2, 0) is 9.73 Å². The van der Waals surface area contributed by atoms with Crippen LogP contribution in [0.4, 0.5) is 0 Å². The lowest BCUT2D eigenvalue weighted by Gasteiger charge is -2.02. The number of rotatable bonds is 3. The molecule has 0 saturated carbocycles. The second kappa shape index (κ2) is 4.39. The maximum atomic E-state index is 11.9. The highest BCUT2D eigenvalue weighted by Gasteiger charge is 2.08. The van der Waals surface area contributed by atoms with Crippen molar-refractivity contribution < 1.29 is 14.1 Å². The van der Waals surface area contributed by atoms with Gasteiger partial charge in [-0.2, -0.15) is 0 Å². The topological polar surface area (TPSA) is 79.6 Å². The molecule has 5 nitrogen and oxygen atoms in total. The van der Waals surface area contributed by atoms with Gasteiger partial charge in [0.2, 0.25) is 0 Å². The summed E-state index contributed by atoms with van der Waals surface area (Å²) in [5.41, 5.74) is 0.0745. The molecule has 0 bridgehead atoms. The van der Waals surface area contributed by atoms with E-state index in [-0.39, 0.29) is 5.56 Å². The van der Waals surface area contributed by atoms with Gasteiger partial charge in [0.1, 0.15) is 5.03 Å². The van der Waals surface area contributed by atoms with Gasteiger partial charge in [-0.1, -0.05) is 0 Å². The van der Waals surface area contributed by atoms with Gasteiger partial charge in [0.25, 0.3) is 0 Å². The van der Waals surface area contributed by atoms with Crippen LogP contribution in [0, 0.1) is 0 Å². The second-order valence-corrected chi connectivity index (χ2v) is 5.22. The third-order valence-electron chi connectivity index (χ3n) is 1.75. The molecular weight excluding hydrogens is 216 g/mol. The number of aromatic carboxylic acids is 1.